The van der Waals surface area contributed by atoms with E-state index < -0.39 is 0 Å². The molecule has 1 fully saturated rings. The number of hydrogen-bond donors (Lipinski definition) is 0. The van der Waals surface area contributed by atoms with E-state index in [0.29, 0.717) is 32.1 Å². The van der Waals surface area contributed by atoms with Gasteiger partial charge in [0.05, 0.1) is 5.88 Å². The molecule has 0 aromatic carbocycles. The van der Waals surface area contributed by atoms with Crippen molar-refractivity contribution in [2.45, 2.75) is 20.8 Å². The molecule has 0 saturated carbocycles. The minimum absolute atomic E-state index is 0.122. The first-order valence-electron chi connectivity index (χ1n) is 6.13. The highest BCUT2D eigenvalue weighted by Crippen LogP contribution is 2.18. The van der Waals surface area contributed by atoms with Crippen molar-refractivity contribution in [3.8, 4) is 0 Å². The maximum absolute atomic E-state index is 12.0. The number of carbonyl (C=O) groups is 2. The van der Waals surface area contributed by atoms with Gasteiger partial charge in [-0.05, 0) is 0 Å². The summed E-state index contributed by atoms with van der Waals surface area (Å²) < 4.78 is 4.95. The van der Waals surface area contributed by atoms with Crippen molar-refractivity contribution in [3.05, 3.63) is 0 Å². The van der Waals surface area contributed by atoms with Gasteiger partial charge in [0.2, 0.25) is 5.91 Å². The lowest BCUT2D eigenvalue weighted by molar-refractivity contribution is -0.141. The van der Waals surface area contributed by atoms with Gasteiger partial charge in [-0.25, -0.2) is 4.79 Å². The molecule has 1 rings (SSSR count). The topological polar surface area (TPSA) is 49.9 Å². The van der Waals surface area contributed by atoms with Crippen LogP contribution in [0.3, 0.4) is 0 Å². The summed E-state index contributed by atoms with van der Waals surface area (Å²) in [5.74, 6) is 0.421. The van der Waals surface area contributed by atoms with Crippen LogP contribution in [0, 0.1) is 5.41 Å². The van der Waals surface area contributed by atoms with E-state index in [1.54, 1.807) is 9.80 Å². The van der Waals surface area contributed by atoms with E-state index in [-0.39, 0.29) is 24.0 Å². The van der Waals surface area contributed by atoms with E-state index in [1.165, 1.54) is 0 Å². The minimum atomic E-state index is -0.374. The summed E-state index contributed by atoms with van der Waals surface area (Å²) in [6, 6.07) is 0. The van der Waals surface area contributed by atoms with Crippen molar-refractivity contribution in [3.63, 3.8) is 0 Å². The molecule has 0 unspecified atom stereocenters. The fourth-order valence-electron chi connectivity index (χ4n) is 1.78. The number of rotatable bonds is 2. The van der Waals surface area contributed by atoms with Crippen LogP contribution in [-0.2, 0) is 9.53 Å². The molecule has 6 heteroatoms. The summed E-state index contributed by atoms with van der Waals surface area (Å²) in [7, 11) is 0. The number of ether oxygens (including phenoxy) is 1. The third kappa shape index (κ3) is 4.05. The van der Waals surface area contributed by atoms with Crippen molar-refractivity contribution in [2.75, 3.05) is 38.7 Å². The number of carbonyl (C=O) groups excluding carboxylic acids is 2. The molecule has 0 aliphatic carbocycles. The van der Waals surface area contributed by atoms with E-state index in [2.05, 4.69) is 0 Å². The molecule has 0 N–H and O–H groups in total. The van der Waals surface area contributed by atoms with Crippen LogP contribution in [0.15, 0.2) is 0 Å². The molecular formula is C12H21ClN2O3. The Morgan fingerprint density at radius 1 is 1.11 bits per heavy atom. The van der Waals surface area contributed by atoms with Gasteiger partial charge in [0.1, 0.15) is 6.61 Å². The Hall–Kier alpha value is -0.970. The van der Waals surface area contributed by atoms with Gasteiger partial charge in [0, 0.05) is 31.6 Å². The van der Waals surface area contributed by atoms with Gasteiger partial charge >= 0.3 is 6.09 Å². The fourth-order valence-corrected chi connectivity index (χ4v) is 1.86. The SMILES string of the molecule is CC(C)(C)C(=O)N1CCN(C(=O)OCCCl)CC1. The van der Waals surface area contributed by atoms with Crippen LogP contribution in [0.1, 0.15) is 20.8 Å². The van der Waals surface area contributed by atoms with Gasteiger partial charge in [-0.3, -0.25) is 4.79 Å². The molecular weight excluding hydrogens is 256 g/mol. The first kappa shape index (κ1) is 15.1. The van der Waals surface area contributed by atoms with E-state index >= 15 is 0 Å². The van der Waals surface area contributed by atoms with Gasteiger partial charge in [-0.2, -0.15) is 0 Å². The Morgan fingerprint density at radius 3 is 2.06 bits per heavy atom. The largest absolute Gasteiger partial charge is 0.448 e. The van der Waals surface area contributed by atoms with Crippen molar-refractivity contribution >= 4 is 23.6 Å². The zero-order valence-electron chi connectivity index (χ0n) is 11.2. The Bertz CT molecular complexity index is 307. The van der Waals surface area contributed by atoms with Gasteiger partial charge in [-0.15, -0.1) is 11.6 Å². The van der Waals surface area contributed by atoms with E-state index in [0.717, 1.165) is 0 Å². The Labute approximate surface area is 113 Å². The molecule has 0 aromatic rings. The molecule has 0 aromatic heterocycles. The fraction of sp³-hybridized carbons (Fsp3) is 0.833. The zero-order chi connectivity index (χ0) is 13.8. The summed E-state index contributed by atoms with van der Waals surface area (Å²) in [5, 5.41) is 0. The summed E-state index contributed by atoms with van der Waals surface area (Å²) in [6.07, 6.45) is -0.349. The normalized spacial score (nSPS) is 16.7. The van der Waals surface area contributed by atoms with Crippen LogP contribution in [0.4, 0.5) is 4.79 Å². The second-order valence-corrected chi connectivity index (χ2v) is 5.71. The van der Waals surface area contributed by atoms with Crippen molar-refractivity contribution in [1.29, 1.82) is 0 Å². The van der Waals surface area contributed by atoms with E-state index in [1.807, 2.05) is 20.8 Å². The van der Waals surface area contributed by atoms with Gasteiger partial charge in [0.15, 0.2) is 0 Å². The number of alkyl halides is 1. The lowest BCUT2D eigenvalue weighted by Crippen LogP contribution is -2.53. The maximum atomic E-state index is 12.0. The Morgan fingerprint density at radius 2 is 1.61 bits per heavy atom. The molecule has 0 atom stereocenters. The Kier molecular flexibility index (Phi) is 5.26. The second-order valence-electron chi connectivity index (χ2n) is 5.33. The van der Waals surface area contributed by atoms with Crippen molar-refractivity contribution < 1.29 is 14.3 Å². The van der Waals surface area contributed by atoms with Crippen LogP contribution in [0.2, 0.25) is 0 Å². The third-order valence-corrected chi connectivity index (χ3v) is 2.92. The van der Waals surface area contributed by atoms with Crippen LogP contribution in [0.5, 0.6) is 0 Å². The number of hydrogen-bond acceptors (Lipinski definition) is 3. The molecule has 1 aliphatic rings. The van der Waals surface area contributed by atoms with E-state index in [9.17, 15) is 9.59 Å². The average molecular weight is 277 g/mol. The van der Waals surface area contributed by atoms with Gasteiger partial charge < -0.3 is 14.5 Å². The van der Waals surface area contributed by atoms with Crippen LogP contribution < -0.4 is 0 Å². The zero-order valence-corrected chi connectivity index (χ0v) is 12.0. The van der Waals surface area contributed by atoms with Gasteiger partial charge in [-0.1, -0.05) is 20.8 Å². The number of nitrogens with zero attached hydrogens (tertiary/aromatic N) is 2. The highest BCUT2D eigenvalue weighted by molar-refractivity contribution is 6.18. The summed E-state index contributed by atoms with van der Waals surface area (Å²) in [4.78, 5) is 27.0. The molecule has 0 bridgehead atoms. The van der Waals surface area contributed by atoms with Gasteiger partial charge in [0.25, 0.3) is 0 Å². The maximum Gasteiger partial charge on any atom is 0.409 e. The molecule has 18 heavy (non-hydrogen) atoms. The first-order chi connectivity index (χ1) is 8.36. The van der Waals surface area contributed by atoms with Crippen molar-refractivity contribution in [1.82, 2.24) is 9.80 Å². The number of halogens is 1. The molecule has 104 valence electrons. The smallest absolute Gasteiger partial charge is 0.409 e. The predicted octanol–water partition coefficient (Wildman–Crippen LogP) is 1.55. The second kappa shape index (κ2) is 6.27. The Balaban J connectivity index is 2.41. The summed E-state index contributed by atoms with van der Waals surface area (Å²) >= 11 is 5.45. The number of piperazine rings is 1. The molecule has 1 aliphatic heterocycles. The first-order valence-corrected chi connectivity index (χ1v) is 6.66. The molecule has 1 saturated heterocycles. The predicted molar refractivity (Wildman–Crippen MR) is 69.7 cm³/mol. The molecule has 0 spiro atoms. The average Bonchev–Trinajstić information content (AvgIpc) is 2.34. The standard InChI is InChI=1S/C12H21ClN2O3/c1-12(2,3)10(16)14-5-7-15(8-6-14)11(17)18-9-4-13/h4-9H2,1-3H3. The van der Waals surface area contributed by atoms with E-state index in [4.69, 9.17) is 16.3 Å². The van der Waals surface area contributed by atoms with Crippen molar-refractivity contribution in [2.24, 2.45) is 5.41 Å². The van der Waals surface area contributed by atoms with Crippen LogP contribution >= 0.6 is 11.6 Å². The number of amides is 2. The quantitative estimate of drug-likeness (QED) is 0.719. The summed E-state index contributed by atoms with van der Waals surface area (Å²) in [6.45, 7) is 8.08. The monoisotopic (exact) mass is 276 g/mol. The summed E-state index contributed by atoms with van der Waals surface area (Å²) in [5.41, 5.74) is -0.374. The molecule has 0 radical (unpaired) electrons. The highest BCUT2D eigenvalue weighted by atomic mass is 35.5. The molecule has 5 nitrogen and oxygen atoms in total. The lowest BCUT2D eigenvalue weighted by atomic mass is 9.94. The van der Waals surface area contributed by atoms with Crippen LogP contribution in [0.25, 0.3) is 0 Å². The molecule has 1 heterocycles. The molecule has 2 amide bonds. The minimum Gasteiger partial charge on any atom is -0.448 e. The highest BCUT2D eigenvalue weighted by Gasteiger charge is 2.31. The third-order valence-electron chi connectivity index (χ3n) is 2.77. The van der Waals surface area contributed by atoms with Crippen LogP contribution in [-0.4, -0.2) is 60.5 Å². The lowest BCUT2D eigenvalue weighted by Gasteiger charge is -2.37.